The third kappa shape index (κ3) is 6.12. The van der Waals surface area contributed by atoms with Crippen LogP contribution in [-0.4, -0.2) is 50.1 Å². The lowest BCUT2D eigenvalue weighted by atomic mass is 10.0. The summed E-state index contributed by atoms with van der Waals surface area (Å²) >= 11 is 0. The summed E-state index contributed by atoms with van der Waals surface area (Å²) in [5.74, 6) is 1.73. The predicted molar refractivity (Wildman–Crippen MR) is 88.3 cm³/mol. The Morgan fingerprint density at radius 1 is 1.20 bits per heavy atom. The SMILES string of the molecule is CCCN1CCC(NC(=NC)NCC(CC)CC)CC1. The molecule has 4 heteroatoms. The van der Waals surface area contributed by atoms with Crippen molar-refractivity contribution in [2.75, 3.05) is 33.2 Å². The van der Waals surface area contributed by atoms with Crippen molar-refractivity contribution in [1.29, 1.82) is 0 Å². The maximum atomic E-state index is 4.36. The second-order valence-corrected chi connectivity index (χ2v) is 5.90. The van der Waals surface area contributed by atoms with Crippen LogP contribution in [0.15, 0.2) is 4.99 Å². The van der Waals surface area contributed by atoms with Gasteiger partial charge in [0.05, 0.1) is 0 Å². The highest BCUT2D eigenvalue weighted by Crippen LogP contribution is 2.10. The van der Waals surface area contributed by atoms with Gasteiger partial charge in [-0.2, -0.15) is 0 Å². The minimum atomic E-state index is 0.580. The number of likely N-dealkylation sites (tertiary alicyclic amines) is 1. The van der Waals surface area contributed by atoms with Crippen LogP contribution in [0.25, 0.3) is 0 Å². The highest BCUT2D eigenvalue weighted by atomic mass is 15.2. The molecule has 0 saturated carbocycles. The van der Waals surface area contributed by atoms with E-state index in [2.05, 4.69) is 41.3 Å². The Morgan fingerprint density at radius 2 is 1.85 bits per heavy atom. The number of rotatable bonds is 7. The summed E-state index contributed by atoms with van der Waals surface area (Å²) in [6.07, 6.45) is 6.18. The summed E-state index contributed by atoms with van der Waals surface area (Å²) < 4.78 is 0. The standard InChI is InChI=1S/C16H34N4/c1-5-10-20-11-8-15(9-12-20)19-16(17-4)18-13-14(6-2)7-3/h14-15H,5-13H2,1-4H3,(H2,17,18,19). The maximum absolute atomic E-state index is 4.36. The molecule has 118 valence electrons. The molecular formula is C16H34N4. The second-order valence-electron chi connectivity index (χ2n) is 5.90. The van der Waals surface area contributed by atoms with Crippen LogP contribution in [0.3, 0.4) is 0 Å². The maximum Gasteiger partial charge on any atom is 0.191 e. The monoisotopic (exact) mass is 282 g/mol. The first-order valence-electron chi connectivity index (χ1n) is 8.42. The van der Waals surface area contributed by atoms with E-state index in [0.29, 0.717) is 6.04 Å². The molecule has 0 bridgehead atoms. The predicted octanol–water partition coefficient (Wildman–Crippen LogP) is 2.46. The average molecular weight is 282 g/mol. The van der Waals surface area contributed by atoms with Crippen LogP contribution in [0.2, 0.25) is 0 Å². The minimum Gasteiger partial charge on any atom is -0.356 e. The zero-order chi connectivity index (χ0) is 14.8. The van der Waals surface area contributed by atoms with Crippen LogP contribution in [-0.2, 0) is 0 Å². The highest BCUT2D eigenvalue weighted by molar-refractivity contribution is 5.79. The van der Waals surface area contributed by atoms with Crippen molar-refractivity contribution in [2.24, 2.45) is 10.9 Å². The number of aliphatic imine (C=N–C) groups is 1. The summed E-state index contributed by atoms with van der Waals surface area (Å²) in [4.78, 5) is 6.93. The number of hydrogen-bond acceptors (Lipinski definition) is 2. The number of guanidine groups is 1. The molecule has 1 saturated heterocycles. The first-order chi connectivity index (χ1) is 9.73. The fourth-order valence-electron chi connectivity index (χ4n) is 2.82. The molecule has 20 heavy (non-hydrogen) atoms. The van der Waals surface area contributed by atoms with Gasteiger partial charge in [0.15, 0.2) is 5.96 Å². The average Bonchev–Trinajstić information content (AvgIpc) is 2.49. The summed E-state index contributed by atoms with van der Waals surface area (Å²) in [5, 5.41) is 7.06. The number of piperidine rings is 1. The van der Waals surface area contributed by atoms with E-state index in [-0.39, 0.29) is 0 Å². The Hall–Kier alpha value is -0.770. The van der Waals surface area contributed by atoms with Crippen LogP contribution < -0.4 is 10.6 Å². The largest absolute Gasteiger partial charge is 0.356 e. The summed E-state index contributed by atoms with van der Waals surface area (Å²) in [6, 6.07) is 0.580. The van der Waals surface area contributed by atoms with Crippen LogP contribution in [0.5, 0.6) is 0 Å². The third-order valence-corrected chi connectivity index (χ3v) is 4.40. The Kier molecular flexibility index (Phi) is 8.67. The Bertz CT molecular complexity index is 266. The van der Waals surface area contributed by atoms with Crippen LogP contribution in [0.4, 0.5) is 0 Å². The number of hydrogen-bond donors (Lipinski definition) is 2. The molecule has 0 amide bonds. The van der Waals surface area contributed by atoms with E-state index in [1.54, 1.807) is 0 Å². The molecule has 4 nitrogen and oxygen atoms in total. The molecule has 0 atom stereocenters. The van der Waals surface area contributed by atoms with E-state index in [4.69, 9.17) is 0 Å². The lowest BCUT2D eigenvalue weighted by Gasteiger charge is -2.33. The van der Waals surface area contributed by atoms with Crippen molar-refractivity contribution in [2.45, 2.75) is 58.9 Å². The third-order valence-electron chi connectivity index (χ3n) is 4.40. The molecule has 0 aromatic carbocycles. The normalized spacial score (nSPS) is 18.6. The molecule has 1 fully saturated rings. The van der Waals surface area contributed by atoms with Crippen molar-refractivity contribution in [3.63, 3.8) is 0 Å². The van der Waals surface area contributed by atoms with Gasteiger partial charge < -0.3 is 15.5 Å². The first kappa shape index (κ1) is 17.3. The molecular weight excluding hydrogens is 248 g/mol. The van der Waals surface area contributed by atoms with Crippen molar-refractivity contribution in [3.05, 3.63) is 0 Å². The van der Waals surface area contributed by atoms with Crippen LogP contribution in [0, 0.1) is 5.92 Å². The molecule has 1 rings (SSSR count). The lowest BCUT2D eigenvalue weighted by Crippen LogP contribution is -2.49. The number of nitrogens with zero attached hydrogens (tertiary/aromatic N) is 2. The zero-order valence-corrected chi connectivity index (χ0v) is 13.9. The fourth-order valence-corrected chi connectivity index (χ4v) is 2.82. The summed E-state index contributed by atoms with van der Waals surface area (Å²) in [6.45, 7) is 11.5. The van der Waals surface area contributed by atoms with Gasteiger partial charge in [0.1, 0.15) is 0 Å². The van der Waals surface area contributed by atoms with Gasteiger partial charge in [0.25, 0.3) is 0 Å². The van der Waals surface area contributed by atoms with Crippen LogP contribution >= 0.6 is 0 Å². The van der Waals surface area contributed by atoms with Crippen molar-refractivity contribution < 1.29 is 0 Å². The molecule has 2 N–H and O–H groups in total. The summed E-state index contributed by atoms with van der Waals surface area (Å²) in [5.41, 5.74) is 0. The van der Waals surface area contributed by atoms with E-state index in [9.17, 15) is 0 Å². The van der Waals surface area contributed by atoms with E-state index in [1.807, 2.05) is 7.05 Å². The van der Waals surface area contributed by atoms with Gasteiger partial charge in [-0.3, -0.25) is 4.99 Å². The number of nitrogens with one attached hydrogen (secondary N) is 2. The summed E-state index contributed by atoms with van der Waals surface area (Å²) in [7, 11) is 1.87. The fraction of sp³-hybridized carbons (Fsp3) is 0.938. The van der Waals surface area contributed by atoms with E-state index in [0.717, 1.165) is 18.4 Å². The van der Waals surface area contributed by atoms with Crippen molar-refractivity contribution in [1.82, 2.24) is 15.5 Å². The Labute approximate surface area is 125 Å². The minimum absolute atomic E-state index is 0.580. The van der Waals surface area contributed by atoms with Gasteiger partial charge in [0.2, 0.25) is 0 Å². The van der Waals surface area contributed by atoms with Gasteiger partial charge >= 0.3 is 0 Å². The molecule has 0 spiro atoms. The second kappa shape index (κ2) is 10.0. The topological polar surface area (TPSA) is 39.7 Å². The van der Waals surface area contributed by atoms with Gasteiger partial charge in [-0.15, -0.1) is 0 Å². The van der Waals surface area contributed by atoms with E-state index < -0.39 is 0 Å². The van der Waals surface area contributed by atoms with Crippen molar-refractivity contribution >= 4 is 5.96 Å². The molecule has 0 radical (unpaired) electrons. The van der Waals surface area contributed by atoms with Gasteiger partial charge in [0, 0.05) is 32.7 Å². The smallest absolute Gasteiger partial charge is 0.191 e. The van der Waals surface area contributed by atoms with Gasteiger partial charge in [-0.25, -0.2) is 0 Å². The van der Waals surface area contributed by atoms with E-state index >= 15 is 0 Å². The molecule has 1 aliphatic heterocycles. The molecule has 0 aromatic heterocycles. The Balaban J connectivity index is 2.28. The molecule has 0 unspecified atom stereocenters. The Morgan fingerprint density at radius 3 is 2.35 bits per heavy atom. The van der Waals surface area contributed by atoms with Crippen molar-refractivity contribution in [3.8, 4) is 0 Å². The lowest BCUT2D eigenvalue weighted by molar-refractivity contribution is 0.206. The molecule has 0 aromatic rings. The van der Waals surface area contributed by atoms with Crippen LogP contribution in [0.1, 0.15) is 52.9 Å². The highest BCUT2D eigenvalue weighted by Gasteiger charge is 2.19. The van der Waals surface area contributed by atoms with Gasteiger partial charge in [-0.1, -0.05) is 33.6 Å². The van der Waals surface area contributed by atoms with Gasteiger partial charge in [-0.05, 0) is 31.7 Å². The quantitative estimate of drug-likeness (QED) is 0.556. The van der Waals surface area contributed by atoms with E-state index in [1.165, 1.54) is 51.7 Å². The molecule has 1 heterocycles. The zero-order valence-electron chi connectivity index (χ0n) is 13.9. The first-order valence-corrected chi connectivity index (χ1v) is 8.42. The molecule has 1 aliphatic rings. The molecule has 0 aliphatic carbocycles.